The summed E-state index contributed by atoms with van der Waals surface area (Å²) in [5.74, 6) is 0.216. The Hall–Kier alpha value is -2.17. The van der Waals surface area contributed by atoms with Crippen molar-refractivity contribution in [2.75, 3.05) is 19.5 Å². The molecule has 0 unspecified atom stereocenters. The minimum atomic E-state index is -0.374. The molecule has 0 aliphatic heterocycles. The Labute approximate surface area is 112 Å². The number of carbonyl (C=O) groups is 1. The minimum absolute atomic E-state index is 0.347. The van der Waals surface area contributed by atoms with E-state index in [4.69, 9.17) is 15.2 Å². The highest BCUT2D eigenvalue weighted by molar-refractivity contribution is 5.96. The third-order valence-electron chi connectivity index (χ3n) is 2.47. The van der Waals surface area contributed by atoms with Crippen LogP contribution >= 0.6 is 0 Å². The molecular weight excluding hydrogens is 244 g/mol. The lowest BCUT2D eigenvalue weighted by Gasteiger charge is -2.03. The molecule has 0 atom stereocenters. The number of nitrogens with one attached hydrogen (secondary N) is 1. The molecule has 0 spiro atoms. The van der Waals surface area contributed by atoms with Crippen LogP contribution in [0.15, 0.2) is 18.2 Å². The number of esters is 1. The first-order valence-electron chi connectivity index (χ1n) is 6.29. The molecule has 0 aliphatic rings. The van der Waals surface area contributed by atoms with Crippen molar-refractivity contribution in [3.63, 3.8) is 0 Å². The standard InChI is InChI=1S/C12H14N2O3.C2H6/c1-3-17-12(15)10-4-7-5-11(16-2)8(13)6-9(7)14-10;1-2/h4-6,14H,3,13H2,1-2H3;1-2H3. The number of benzene rings is 1. The number of hydrogen-bond donors (Lipinski definition) is 2. The van der Waals surface area contributed by atoms with Gasteiger partial charge in [0.25, 0.3) is 0 Å². The average Bonchev–Trinajstić information content (AvgIpc) is 2.83. The van der Waals surface area contributed by atoms with Gasteiger partial charge in [-0.1, -0.05) is 13.8 Å². The summed E-state index contributed by atoms with van der Waals surface area (Å²) in [5, 5.41) is 0.860. The predicted molar refractivity (Wildman–Crippen MR) is 76.6 cm³/mol. The Kier molecular flexibility index (Phi) is 5.23. The number of anilines is 1. The third-order valence-corrected chi connectivity index (χ3v) is 2.47. The fourth-order valence-electron chi connectivity index (χ4n) is 1.67. The zero-order chi connectivity index (χ0) is 14.4. The topological polar surface area (TPSA) is 77.3 Å². The molecule has 0 bridgehead atoms. The Morgan fingerprint density at radius 2 is 2.00 bits per heavy atom. The summed E-state index contributed by atoms with van der Waals surface area (Å²) in [7, 11) is 1.55. The van der Waals surface area contributed by atoms with Gasteiger partial charge in [-0.2, -0.15) is 0 Å². The van der Waals surface area contributed by atoms with Crippen LogP contribution in [0.25, 0.3) is 10.9 Å². The minimum Gasteiger partial charge on any atom is -0.495 e. The average molecular weight is 264 g/mol. The summed E-state index contributed by atoms with van der Waals surface area (Å²) < 4.78 is 10.0. The van der Waals surface area contributed by atoms with E-state index in [1.54, 1.807) is 32.2 Å². The molecule has 0 saturated heterocycles. The second kappa shape index (κ2) is 6.68. The fraction of sp³-hybridized carbons (Fsp3) is 0.357. The van der Waals surface area contributed by atoms with Gasteiger partial charge in [0.15, 0.2) is 0 Å². The molecule has 19 heavy (non-hydrogen) atoms. The lowest BCUT2D eigenvalue weighted by molar-refractivity contribution is 0.0520. The molecule has 1 heterocycles. The molecular formula is C14H20N2O3. The molecule has 0 amide bonds. The summed E-state index contributed by atoms with van der Waals surface area (Å²) in [6.45, 7) is 6.11. The molecule has 3 N–H and O–H groups in total. The van der Waals surface area contributed by atoms with Crippen molar-refractivity contribution in [3.05, 3.63) is 23.9 Å². The van der Waals surface area contributed by atoms with Crippen molar-refractivity contribution in [3.8, 4) is 5.75 Å². The Balaban J connectivity index is 0.000000861. The van der Waals surface area contributed by atoms with Crippen molar-refractivity contribution in [2.24, 2.45) is 0 Å². The highest BCUT2D eigenvalue weighted by atomic mass is 16.5. The van der Waals surface area contributed by atoms with Crippen LogP contribution < -0.4 is 10.5 Å². The van der Waals surface area contributed by atoms with Crippen LogP contribution in [0.1, 0.15) is 31.3 Å². The normalized spacial score (nSPS) is 9.68. The molecule has 0 aliphatic carbocycles. The predicted octanol–water partition coefficient (Wildman–Crippen LogP) is 2.96. The van der Waals surface area contributed by atoms with Crippen LogP contribution in [0.4, 0.5) is 5.69 Å². The largest absolute Gasteiger partial charge is 0.495 e. The van der Waals surface area contributed by atoms with Crippen LogP contribution in [0.5, 0.6) is 5.75 Å². The molecule has 1 aromatic heterocycles. The van der Waals surface area contributed by atoms with Gasteiger partial charge < -0.3 is 20.2 Å². The van der Waals surface area contributed by atoms with Crippen molar-refractivity contribution in [1.29, 1.82) is 0 Å². The number of nitrogen functional groups attached to an aromatic ring is 1. The number of aromatic nitrogens is 1. The molecule has 2 rings (SSSR count). The van der Waals surface area contributed by atoms with E-state index in [0.717, 1.165) is 10.9 Å². The van der Waals surface area contributed by atoms with Crippen molar-refractivity contribution in [1.82, 2.24) is 4.98 Å². The van der Waals surface area contributed by atoms with Gasteiger partial charge in [-0.25, -0.2) is 4.79 Å². The number of aromatic amines is 1. The van der Waals surface area contributed by atoms with Gasteiger partial charge >= 0.3 is 5.97 Å². The first kappa shape index (κ1) is 14.9. The van der Waals surface area contributed by atoms with Crippen molar-refractivity contribution >= 4 is 22.6 Å². The zero-order valence-electron chi connectivity index (χ0n) is 11.7. The van der Waals surface area contributed by atoms with E-state index >= 15 is 0 Å². The summed E-state index contributed by atoms with van der Waals surface area (Å²) >= 11 is 0. The quantitative estimate of drug-likeness (QED) is 0.660. The summed E-state index contributed by atoms with van der Waals surface area (Å²) in [5.41, 5.74) is 7.50. The Morgan fingerprint density at radius 1 is 1.32 bits per heavy atom. The maximum atomic E-state index is 11.5. The molecule has 1 aromatic carbocycles. The first-order chi connectivity index (χ1) is 9.15. The number of ether oxygens (including phenoxy) is 2. The second-order valence-corrected chi connectivity index (χ2v) is 3.58. The van der Waals surface area contributed by atoms with Crippen LogP contribution in [0.3, 0.4) is 0 Å². The Bertz CT molecular complexity index is 561. The van der Waals surface area contributed by atoms with Gasteiger partial charge in [0, 0.05) is 10.9 Å². The van der Waals surface area contributed by atoms with Gasteiger partial charge in [0.1, 0.15) is 11.4 Å². The van der Waals surface area contributed by atoms with Gasteiger partial charge in [0.05, 0.1) is 19.4 Å². The highest BCUT2D eigenvalue weighted by Gasteiger charge is 2.11. The van der Waals surface area contributed by atoms with E-state index < -0.39 is 0 Å². The number of rotatable bonds is 3. The van der Waals surface area contributed by atoms with E-state index in [0.29, 0.717) is 23.7 Å². The first-order valence-corrected chi connectivity index (χ1v) is 6.29. The summed E-state index contributed by atoms with van der Waals surface area (Å²) in [6, 6.07) is 5.23. The van der Waals surface area contributed by atoms with Gasteiger partial charge in [0.2, 0.25) is 0 Å². The second-order valence-electron chi connectivity index (χ2n) is 3.58. The van der Waals surface area contributed by atoms with Gasteiger partial charge in [-0.3, -0.25) is 0 Å². The van der Waals surface area contributed by atoms with Crippen LogP contribution in [-0.4, -0.2) is 24.7 Å². The molecule has 0 radical (unpaired) electrons. The fourth-order valence-corrected chi connectivity index (χ4v) is 1.67. The molecule has 0 fully saturated rings. The third kappa shape index (κ3) is 3.19. The molecule has 5 nitrogen and oxygen atoms in total. The van der Waals surface area contributed by atoms with Gasteiger partial charge in [-0.15, -0.1) is 0 Å². The molecule has 5 heteroatoms. The zero-order valence-corrected chi connectivity index (χ0v) is 11.7. The van der Waals surface area contributed by atoms with Gasteiger partial charge in [-0.05, 0) is 25.1 Å². The van der Waals surface area contributed by atoms with E-state index in [2.05, 4.69) is 4.98 Å². The van der Waals surface area contributed by atoms with Crippen LogP contribution in [-0.2, 0) is 4.74 Å². The maximum absolute atomic E-state index is 11.5. The van der Waals surface area contributed by atoms with Crippen LogP contribution in [0.2, 0.25) is 0 Å². The number of methoxy groups -OCH3 is 1. The van der Waals surface area contributed by atoms with Crippen LogP contribution in [0, 0.1) is 0 Å². The highest BCUT2D eigenvalue weighted by Crippen LogP contribution is 2.28. The monoisotopic (exact) mass is 264 g/mol. The summed E-state index contributed by atoms with van der Waals surface area (Å²) in [6.07, 6.45) is 0. The van der Waals surface area contributed by atoms with Crippen molar-refractivity contribution in [2.45, 2.75) is 20.8 Å². The Morgan fingerprint density at radius 3 is 2.58 bits per heavy atom. The number of H-pyrrole nitrogens is 1. The lowest BCUT2D eigenvalue weighted by Crippen LogP contribution is -2.04. The van der Waals surface area contributed by atoms with E-state index in [1.165, 1.54) is 0 Å². The smallest absolute Gasteiger partial charge is 0.354 e. The number of fused-ring (bicyclic) bond motifs is 1. The maximum Gasteiger partial charge on any atom is 0.354 e. The number of carbonyl (C=O) groups excluding carboxylic acids is 1. The summed E-state index contributed by atoms with van der Waals surface area (Å²) in [4.78, 5) is 14.5. The lowest BCUT2D eigenvalue weighted by atomic mass is 10.2. The van der Waals surface area contributed by atoms with E-state index in [1.807, 2.05) is 13.8 Å². The SMILES string of the molecule is CC.CCOC(=O)c1cc2cc(OC)c(N)cc2[nH]1. The molecule has 0 saturated carbocycles. The van der Waals surface area contributed by atoms with E-state index in [-0.39, 0.29) is 5.97 Å². The molecule has 104 valence electrons. The van der Waals surface area contributed by atoms with Crippen molar-refractivity contribution < 1.29 is 14.3 Å². The molecule has 2 aromatic rings. The number of nitrogens with two attached hydrogens (primary N) is 1. The van der Waals surface area contributed by atoms with E-state index in [9.17, 15) is 4.79 Å². The number of hydrogen-bond acceptors (Lipinski definition) is 4.